The second-order valence-corrected chi connectivity index (χ2v) is 7.52. The number of carbonyl (C=O) groups is 3. The fourth-order valence-corrected chi connectivity index (χ4v) is 2.97. The molecule has 30 heavy (non-hydrogen) atoms. The molecule has 0 aliphatic rings. The fraction of sp³-hybridized carbons (Fsp3) is 0.364. The van der Waals surface area contributed by atoms with E-state index < -0.39 is 24.0 Å². The summed E-state index contributed by atoms with van der Waals surface area (Å²) in [6.07, 6.45) is 1.75. The largest absolute Gasteiger partial charge is 0.449 e. The number of hydrogen-bond acceptors (Lipinski definition) is 5. The molecule has 0 bridgehead atoms. The van der Waals surface area contributed by atoms with Crippen LogP contribution in [0.15, 0.2) is 30.3 Å². The number of nitrogens with zero attached hydrogens (tertiary/aromatic N) is 2. The molecule has 0 fully saturated rings. The molecule has 2 rings (SSSR count). The zero-order chi connectivity index (χ0) is 22.4. The minimum Gasteiger partial charge on any atom is -0.449 e. The Balaban J connectivity index is 2.12. The molecule has 1 aromatic heterocycles. The number of aromatic nitrogens is 2. The van der Waals surface area contributed by atoms with E-state index in [1.54, 1.807) is 19.9 Å². The van der Waals surface area contributed by atoms with Crippen LogP contribution in [-0.4, -0.2) is 33.8 Å². The van der Waals surface area contributed by atoms with Gasteiger partial charge in [-0.15, -0.1) is 0 Å². The van der Waals surface area contributed by atoms with Gasteiger partial charge in [-0.1, -0.05) is 43.7 Å². The molecule has 8 nitrogen and oxygen atoms in total. The van der Waals surface area contributed by atoms with Gasteiger partial charge in [0.2, 0.25) is 0 Å². The molecule has 0 saturated heterocycles. The maximum Gasteiger partial charge on any atom is 0.331 e. The Morgan fingerprint density at radius 1 is 1.17 bits per heavy atom. The first-order valence-corrected chi connectivity index (χ1v) is 9.67. The van der Waals surface area contributed by atoms with Gasteiger partial charge < -0.3 is 10.5 Å². The number of imide groups is 1. The molecule has 8 heteroatoms. The average molecular weight is 412 g/mol. The lowest BCUT2D eigenvalue weighted by molar-refractivity contribution is -0.153. The Kier molecular flexibility index (Phi) is 7.52. The van der Waals surface area contributed by atoms with E-state index >= 15 is 0 Å². The van der Waals surface area contributed by atoms with Gasteiger partial charge in [-0.05, 0) is 38.3 Å². The summed E-state index contributed by atoms with van der Waals surface area (Å²) < 4.78 is 7.09. The molecular weight excluding hydrogens is 384 g/mol. The summed E-state index contributed by atoms with van der Waals surface area (Å²) in [5.74, 6) is -1.78. The summed E-state index contributed by atoms with van der Waals surface area (Å²) in [4.78, 5) is 35.1. The van der Waals surface area contributed by atoms with Crippen molar-refractivity contribution in [2.75, 3.05) is 0 Å². The summed E-state index contributed by atoms with van der Waals surface area (Å²) in [6.45, 7) is 9.85. The third kappa shape index (κ3) is 6.04. The van der Waals surface area contributed by atoms with E-state index in [-0.39, 0.29) is 5.92 Å². The summed E-state index contributed by atoms with van der Waals surface area (Å²) >= 11 is 0. The van der Waals surface area contributed by atoms with Gasteiger partial charge in [-0.3, -0.25) is 14.8 Å². The highest BCUT2D eigenvalue weighted by molar-refractivity contribution is 5.97. The molecule has 1 aromatic carbocycles. The maximum absolute atomic E-state index is 12.2. The first-order valence-electron chi connectivity index (χ1n) is 9.67. The number of rotatable bonds is 7. The van der Waals surface area contributed by atoms with Gasteiger partial charge in [0.1, 0.15) is 0 Å². The van der Waals surface area contributed by atoms with E-state index in [0.717, 1.165) is 22.5 Å². The van der Waals surface area contributed by atoms with Crippen molar-refractivity contribution in [1.29, 1.82) is 0 Å². The first-order chi connectivity index (χ1) is 14.1. The van der Waals surface area contributed by atoms with Crippen molar-refractivity contribution in [2.45, 2.75) is 47.3 Å². The van der Waals surface area contributed by atoms with Crippen LogP contribution in [0, 0.1) is 26.7 Å². The standard InChI is InChI=1S/C22H28N4O4/c1-13(2)20(21(28)24-22(23)29)30-19(27)11-10-18-15(4)25-26(16(18)5)12-17-8-6-14(3)7-9-17/h6-11,13,20H,12H2,1-5H3,(H3,23,24,28,29)/b11-10-/t20-/m0/s1. The number of benzene rings is 1. The summed E-state index contributed by atoms with van der Waals surface area (Å²) in [6, 6.07) is 7.22. The van der Waals surface area contributed by atoms with E-state index in [1.165, 1.54) is 11.6 Å². The van der Waals surface area contributed by atoms with Gasteiger partial charge in [0.15, 0.2) is 6.10 Å². The van der Waals surface area contributed by atoms with Crippen LogP contribution < -0.4 is 11.1 Å². The molecule has 2 aromatic rings. The topological polar surface area (TPSA) is 116 Å². The highest BCUT2D eigenvalue weighted by Gasteiger charge is 2.26. The number of amides is 3. The van der Waals surface area contributed by atoms with Crippen LogP contribution in [0.5, 0.6) is 0 Å². The van der Waals surface area contributed by atoms with Crippen LogP contribution in [0.25, 0.3) is 6.08 Å². The number of nitrogens with one attached hydrogen (secondary N) is 1. The number of hydrogen-bond donors (Lipinski definition) is 2. The monoisotopic (exact) mass is 412 g/mol. The molecule has 0 aliphatic heterocycles. The van der Waals surface area contributed by atoms with Crippen LogP contribution in [0.1, 0.15) is 41.9 Å². The molecule has 1 atom stereocenters. The molecule has 160 valence electrons. The first kappa shape index (κ1) is 22.9. The fourth-order valence-electron chi connectivity index (χ4n) is 2.97. The van der Waals surface area contributed by atoms with Crippen LogP contribution in [0.2, 0.25) is 0 Å². The zero-order valence-corrected chi connectivity index (χ0v) is 17.9. The lowest BCUT2D eigenvalue weighted by atomic mass is 10.1. The minimum absolute atomic E-state index is 0.331. The number of ether oxygens (including phenoxy) is 1. The number of primary amides is 1. The smallest absolute Gasteiger partial charge is 0.331 e. The molecule has 0 radical (unpaired) electrons. The SMILES string of the molecule is Cc1ccc(Cn2nc(C)c(/C=C\C(=O)O[C@H](C(=O)NC(N)=O)C(C)C)c2C)cc1. The number of nitrogens with two attached hydrogens (primary N) is 1. The van der Waals surface area contributed by atoms with Crippen LogP contribution in [-0.2, 0) is 20.9 Å². The second-order valence-electron chi connectivity index (χ2n) is 7.52. The van der Waals surface area contributed by atoms with Crippen molar-refractivity contribution < 1.29 is 19.1 Å². The predicted molar refractivity (Wildman–Crippen MR) is 113 cm³/mol. The highest BCUT2D eigenvalue weighted by atomic mass is 16.5. The number of carbonyl (C=O) groups excluding carboxylic acids is 3. The molecular formula is C22H28N4O4. The Labute approximate surface area is 176 Å². The van der Waals surface area contributed by atoms with Crippen molar-refractivity contribution in [2.24, 2.45) is 11.7 Å². The van der Waals surface area contributed by atoms with Gasteiger partial charge in [-0.2, -0.15) is 5.10 Å². The van der Waals surface area contributed by atoms with Crippen molar-refractivity contribution >= 4 is 24.0 Å². The normalized spacial score (nSPS) is 12.2. The Morgan fingerprint density at radius 3 is 2.37 bits per heavy atom. The average Bonchev–Trinajstić information content (AvgIpc) is 2.92. The number of urea groups is 1. The molecule has 0 spiro atoms. The van der Waals surface area contributed by atoms with Gasteiger partial charge >= 0.3 is 12.0 Å². The second kappa shape index (κ2) is 9.87. The Morgan fingerprint density at radius 2 is 1.80 bits per heavy atom. The van der Waals surface area contributed by atoms with Gasteiger partial charge in [-0.25, -0.2) is 9.59 Å². The van der Waals surface area contributed by atoms with Crippen molar-refractivity contribution in [3.8, 4) is 0 Å². The van der Waals surface area contributed by atoms with Crippen molar-refractivity contribution in [3.63, 3.8) is 0 Å². The molecule has 0 saturated carbocycles. The van der Waals surface area contributed by atoms with E-state index in [0.29, 0.717) is 6.54 Å². The molecule has 0 unspecified atom stereocenters. The zero-order valence-electron chi connectivity index (χ0n) is 17.9. The van der Waals surface area contributed by atoms with E-state index in [1.807, 2.05) is 30.8 Å². The van der Waals surface area contributed by atoms with E-state index in [9.17, 15) is 14.4 Å². The number of esters is 1. The lowest BCUT2D eigenvalue weighted by Crippen LogP contribution is -2.45. The van der Waals surface area contributed by atoms with E-state index in [2.05, 4.69) is 29.4 Å². The van der Waals surface area contributed by atoms with Gasteiger partial charge in [0.25, 0.3) is 5.91 Å². The number of aryl methyl sites for hydroxylation is 2. The van der Waals surface area contributed by atoms with Crippen LogP contribution >= 0.6 is 0 Å². The molecule has 3 amide bonds. The summed E-state index contributed by atoms with van der Waals surface area (Å²) in [5, 5.41) is 6.49. The maximum atomic E-state index is 12.2. The van der Waals surface area contributed by atoms with Crippen LogP contribution in [0.4, 0.5) is 4.79 Å². The van der Waals surface area contributed by atoms with Gasteiger partial charge in [0.05, 0.1) is 12.2 Å². The Bertz CT molecular complexity index is 958. The minimum atomic E-state index is -1.12. The third-order valence-electron chi connectivity index (χ3n) is 4.63. The molecule has 0 aliphatic carbocycles. The molecule has 1 heterocycles. The van der Waals surface area contributed by atoms with Crippen molar-refractivity contribution in [3.05, 3.63) is 58.4 Å². The molecule has 3 N–H and O–H groups in total. The summed E-state index contributed by atoms with van der Waals surface area (Å²) in [5.41, 5.74) is 9.77. The van der Waals surface area contributed by atoms with Gasteiger partial charge in [0, 0.05) is 17.3 Å². The predicted octanol–water partition coefficient (Wildman–Crippen LogP) is 2.63. The quantitative estimate of drug-likeness (QED) is 0.536. The highest BCUT2D eigenvalue weighted by Crippen LogP contribution is 2.17. The summed E-state index contributed by atoms with van der Waals surface area (Å²) in [7, 11) is 0. The van der Waals surface area contributed by atoms with Crippen molar-refractivity contribution in [1.82, 2.24) is 15.1 Å². The van der Waals surface area contributed by atoms with Crippen LogP contribution in [0.3, 0.4) is 0 Å². The Hall–Kier alpha value is -3.42. The van der Waals surface area contributed by atoms with E-state index in [4.69, 9.17) is 10.5 Å². The lowest BCUT2D eigenvalue weighted by Gasteiger charge is -2.18. The third-order valence-corrected chi connectivity index (χ3v) is 4.63.